The van der Waals surface area contributed by atoms with Gasteiger partial charge in [0, 0.05) is 33.8 Å². The molecule has 0 amide bonds. The summed E-state index contributed by atoms with van der Waals surface area (Å²) in [6.45, 7) is 16.9. The third-order valence-electron chi connectivity index (χ3n) is 8.66. The zero-order valence-corrected chi connectivity index (χ0v) is 25.2. The molecule has 0 saturated carbocycles. The van der Waals surface area contributed by atoms with Crippen molar-refractivity contribution in [1.82, 2.24) is 0 Å². The first kappa shape index (κ1) is 28.0. The lowest BCUT2D eigenvalue weighted by molar-refractivity contribution is 0.561. The van der Waals surface area contributed by atoms with Crippen molar-refractivity contribution in [3.05, 3.63) is 148 Å². The lowest BCUT2D eigenvalue weighted by Gasteiger charge is -2.31. The molecule has 0 aromatic heterocycles. The van der Waals surface area contributed by atoms with Crippen LogP contribution in [0.5, 0.6) is 0 Å². The molecule has 0 bridgehead atoms. The van der Waals surface area contributed by atoms with E-state index in [0.29, 0.717) is 0 Å². The van der Waals surface area contributed by atoms with Gasteiger partial charge in [-0.05, 0) is 89.6 Å². The van der Waals surface area contributed by atoms with Crippen molar-refractivity contribution in [3.8, 4) is 0 Å². The number of fused-ring (bicyclic) bond motifs is 2. The molecule has 0 spiro atoms. The normalized spacial score (nSPS) is 18.1. The first-order valence-corrected chi connectivity index (χ1v) is 14.7. The van der Waals surface area contributed by atoms with Crippen LogP contribution in [0.4, 0.5) is 5.69 Å². The van der Waals surface area contributed by atoms with Crippen LogP contribution < -0.4 is 4.90 Å². The lowest BCUT2D eigenvalue weighted by Crippen LogP contribution is -2.31. The van der Waals surface area contributed by atoms with E-state index in [2.05, 4.69) is 143 Å². The summed E-state index contributed by atoms with van der Waals surface area (Å²) in [7, 11) is 0. The molecular formula is C38H40ClN. The molecule has 204 valence electrons. The summed E-state index contributed by atoms with van der Waals surface area (Å²) in [4.78, 5) is 2.49. The van der Waals surface area contributed by atoms with Crippen molar-refractivity contribution in [2.45, 2.75) is 58.3 Å². The van der Waals surface area contributed by atoms with Crippen molar-refractivity contribution in [2.75, 3.05) is 11.4 Å². The number of hydrogen-bond acceptors (Lipinski definition) is 1. The average Bonchev–Trinajstić information content (AvgIpc) is 3.15. The smallest absolute Gasteiger partial charge is 0.0451 e. The first-order valence-electron chi connectivity index (χ1n) is 14.4. The number of halogens is 1. The quantitative estimate of drug-likeness (QED) is 0.199. The molecule has 40 heavy (non-hydrogen) atoms. The summed E-state index contributed by atoms with van der Waals surface area (Å²) in [5, 5.41) is 3.35. The van der Waals surface area contributed by atoms with E-state index in [1.165, 1.54) is 44.4 Å². The minimum atomic E-state index is -0.220. The summed E-state index contributed by atoms with van der Waals surface area (Å²) in [5.41, 5.74) is 8.49. The highest BCUT2D eigenvalue weighted by Gasteiger charge is 2.43. The number of aryl methyl sites for hydroxylation is 1. The molecule has 5 rings (SSSR count). The van der Waals surface area contributed by atoms with Gasteiger partial charge in [0.05, 0.1) is 0 Å². The third kappa shape index (κ3) is 5.04. The van der Waals surface area contributed by atoms with Gasteiger partial charge in [-0.25, -0.2) is 0 Å². The summed E-state index contributed by atoms with van der Waals surface area (Å²) < 4.78 is 0. The molecule has 1 aliphatic rings. The summed E-state index contributed by atoms with van der Waals surface area (Å²) in [5.74, 6) is 0. The predicted molar refractivity (Wildman–Crippen MR) is 175 cm³/mol. The van der Waals surface area contributed by atoms with Crippen LogP contribution >= 0.6 is 11.6 Å². The highest BCUT2D eigenvalue weighted by molar-refractivity contribution is 6.30. The third-order valence-corrected chi connectivity index (χ3v) is 8.90. The van der Waals surface area contributed by atoms with Crippen LogP contribution in [-0.2, 0) is 17.3 Å². The number of allylic oxidation sites excluding steroid dienone is 5. The molecule has 0 radical (unpaired) electrons. The number of rotatable bonds is 8. The van der Waals surface area contributed by atoms with Gasteiger partial charge in [-0.3, -0.25) is 0 Å². The van der Waals surface area contributed by atoms with Crippen molar-refractivity contribution < 1.29 is 0 Å². The van der Waals surface area contributed by atoms with Gasteiger partial charge >= 0.3 is 0 Å². The van der Waals surface area contributed by atoms with Crippen LogP contribution in [0.15, 0.2) is 121 Å². The van der Waals surface area contributed by atoms with Gasteiger partial charge in [-0.1, -0.05) is 118 Å². The molecule has 1 nitrogen and oxygen atoms in total. The second kappa shape index (κ2) is 11.1. The van der Waals surface area contributed by atoms with E-state index >= 15 is 0 Å². The van der Waals surface area contributed by atoms with Gasteiger partial charge in [0.15, 0.2) is 0 Å². The number of anilines is 1. The minimum Gasteiger partial charge on any atom is -0.344 e. The van der Waals surface area contributed by atoms with Crippen LogP contribution in [0.2, 0.25) is 5.02 Å². The van der Waals surface area contributed by atoms with Gasteiger partial charge in [0.2, 0.25) is 0 Å². The Labute approximate surface area is 245 Å². The molecule has 0 aliphatic carbocycles. The van der Waals surface area contributed by atoms with Crippen LogP contribution in [-0.4, -0.2) is 6.54 Å². The molecule has 1 atom stereocenters. The van der Waals surface area contributed by atoms with Gasteiger partial charge in [0.25, 0.3) is 0 Å². The van der Waals surface area contributed by atoms with E-state index in [0.717, 1.165) is 30.0 Å². The molecule has 4 aromatic carbocycles. The van der Waals surface area contributed by atoms with E-state index < -0.39 is 0 Å². The summed E-state index contributed by atoms with van der Waals surface area (Å²) in [6, 6.07) is 30.3. The Hall–Kier alpha value is -3.55. The lowest BCUT2D eigenvalue weighted by atomic mass is 9.74. The highest BCUT2D eigenvalue weighted by atomic mass is 35.5. The molecule has 4 aromatic rings. The van der Waals surface area contributed by atoms with Crippen molar-refractivity contribution in [2.24, 2.45) is 0 Å². The van der Waals surface area contributed by atoms with Gasteiger partial charge in [-0.15, -0.1) is 0 Å². The zero-order chi connectivity index (χ0) is 28.5. The van der Waals surface area contributed by atoms with E-state index in [1.807, 2.05) is 6.07 Å². The van der Waals surface area contributed by atoms with Crippen LogP contribution in [0, 0.1) is 6.92 Å². The summed E-state index contributed by atoms with van der Waals surface area (Å²) >= 11 is 6.57. The molecule has 0 saturated heterocycles. The number of nitrogens with zero attached hydrogens (tertiary/aromatic N) is 1. The Morgan fingerprint density at radius 3 is 2.45 bits per heavy atom. The molecule has 1 unspecified atom stereocenters. The molecule has 2 heteroatoms. The van der Waals surface area contributed by atoms with E-state index in [-0.39, 0.29) is 10.8 Å². The fourth-order valence-electron chi connectivity index (χ4n) is 6.51. The highest BCUT2D eigenvalue weighted by Crippen LogP contribution is 2.50. The zero-order valence-electron chi connectivity index (χ0n) is 24.5. The van der Waals surface area contributed by atoms with Crippen molar-refractivity contribution in [3.63, 3.8) is 0 Å². The topological polar surface area (TPSA) is 3.24 Å². The monoisotopic (exact) mass is 545 g/mol. The molecule has 1 heterocycles. The van der Waals surface area contributed by atoms with Gasteiger partial charge < -0.3 is 4.90 Å². The Morgan fingerprint density at radius 2 is 1.70 bits per heavy atom. The number of benzene rings is 4. The Balaban J connectivity index is 1.55. The van der Waals surface area contributed by atoms with Crippen molar-refractivity contribution >= 4 is 28.1 Å². The second-order valence-corrected chi connectivity index (χ2v) is 12.3. The summed E-state index contributed by atoms with van der Waals surface area (Å²) in [6.07, 6.45) is 8.69. The standard InChI is InChI=1S/C38H40ClN/c1-7-24-40-34-23-22-31(39)25-33(34)38(6,26-29-15-9-8-10-16-29)35(40)19-13-14-28(3)37(4,5)36-27(2)20-21-30-17-11-12-18-32(30)36/h8-23,25H,3,7,24,26H2,1-2,4-6H3/b14-13+,35-19+. The Bertz CT molecular complexity index is 1610. The SMILES string of the molecule is C=C(/C=C/C=C1/N(CCC)c2ccc(Cl)cc2C1(C)Cc1ccccc1)C(C)(C)c1c(C)ccc2ccccc12. The van der Waals surface area contributed by atoms with Crippen LogP contribution in [0.3, 0.4) is 0 Å². The molecule has 0 fully saturated rings. The molecular weight excluding hydrogens is 506 g/mol. The maximum atomic E-state index is 6.57. The van der Waals surface area contributed by atoms with Gasteiger partial charge in [-0.2, -0.15) is 0 Å². The Kier molecular flexibility index (Phi) is 7.80. The fourth-order valence-corrected chi connectivity index (χ4v) is 6.69. The maximum absolute atomic E-state index is 6.57. The molecule has 0 N–H and O–H groups in total. The predicted octanol–water partition coefficient (Wildman–Crippen LogP) is 10.5. The average molecular weight is 546 g/mol. The minimum absolute atomic E-state index is 0.204. The van der Waals surface area contributed by atoms with E-state index in [9.17, 15) is 0 Å². The first-order chi connectivity index (χ1) is 19.2. The maximum Gasteiger partial charge on any atom is 0.0451 e. The van der Waals surface area contributed by atoms with Crippen LogP contribution in [0.1, 0.15) is 56.4 Å². The van der Waals surface area contributed by atoms with E-state index in [1.54, 1.807) is 0 Å². The number of hydrogen-bond donors (Lipinski definition) is 0. The van der Waals surface area contributed by atoms with Crippen LogP contribution in [0.25, 0.3) is 10.8 Å². The van der Waals surface area contributed by atoms with Crippen molar-refractivity contribution in [1.29, 1.82) is 0 Å². The Morgan fingerprint density at radius 1 is 0.975 bits per heavy atom. The van der Waals surface area contributed by atoms with E-state index in [4.69, 9.17) is 11.6 Å². The second-order valence-electron chi connectivity index (χ2n) is 11.8. The largest absolute Gasteiger partial charge is 0.344 e. The molecule has 1 aliphatic heterocycles. The van der Waals surface area contributed by atoms with Gasteiger partial charge in [0.1, 0.15) is 0 Å². The fraction of sp³-hybridized carbons (Fsp3) is 0.263.